The maximum absolute atomic E-state index is 3.92. The molecule has 1 heteroatoms. The van der Waals surface area contributed by atoms with Gasteiger partial charge in [-0.25, -0.2) is 0 Å². The van der Waals surface area contributed by atoms with Crippen molar-refractivity contribution >= 4 is 0 Å². The van der Waals surface area contributed by atoms with Gasteiger partial charge < -0.3 is 4.90 Å². The third-order valence-electron chi connectivity index (χ3n) is 7.76. The predicted octanol–water partition coefficient (Wildman–Crippen LogP) is 6.36. The average Bonchev–Trinajstić information content (AvgIpc) is 3.07. The van der Waals surface area contributed by atoms with E-state index in [1.54, 1.807) is 0 Å². The van der Waals surface area contributed by atoms with E-state index in [1.807, 2.05) is 6.20 Å². The molecule has 0 amide bonds. The second kappa shape index (κ2) is 8.08. The lowest BCUT2D eigenvalue weighted by Gasteiger charge is -2.55. The van der Waals surface area contributed by atoms with Gasteiger partial charge in [-0.15, -0.1) is 0 Å². The van der Waals surface area contributed by atoms with Gasteiger partial charge in [-0.05, 0) is 60.5 Å². The van der Waals surface area contributed by atoms with E-state index in [0.717, 1.165) is 29.6 Å². The highest BCUT2D eigenvalue weighted by atomic mass is 15.1. The summed E-state index contributed by atoms with van der Waals surface area (Å²) in [4.78, 5) is 2.28. The Bertz CT molecular complexity index is 366. The first kappa shape index (κ1) is 18.9. The molecule has 4 unspecified atom stereocenters. The van der Waals surface area contributed by atoms with Gasteiger partial charge in [-0.1, -0.05) is 66.4 Å². The average molecular weight is 320 g/mol. The highest BCUT2D eigenvalue weighted by Gasteiger charge is 2.48. The fourth-order valence-electron chi connectivity index (χ4n) is 5.43. The Balaban J connectivity index is 1.98. The monoisotopic (exact) mass is 319 g/mol. The van der Waals surface area contributed by atoms with Gasteiger partial charge >= 0.3 is 0 Å². The van der Waals surface area contributed by atoms with Crippen LogP contribution in [0.5, 0.6) is 0 Å². The summed E-state index contributed by atoms with van der Waals surface area (Å²) in [6, 6.07) is 0. The molecule has 2 fully saturated rings. The van der Waals surface area contributed by atoms with Crippen LogP contribution in [-0.4, -0.2) is 18.5 Å². The molecule has 0 spiro atoms. The van der Waals surface area contributed by atoms with Crippen LogP contribution in [0.4, 0.5) is 0 Å². The molecule has 0 aliphatic heterocycles. The van der Waals surface area contributed by atoms with Crippen LogP contribution in [-0.2, 0) is 0 Å². The maximum atomic E-state index is 3.92. The van der Waals surface area contributed by atoms with Crippen LogP contribution in [0.3, 0.4) is 0 Å². The van der Waals surface area contributed by atoms with E-state index in [2.05, 4.69) is 46.2 Å². The summed E-state index contributed by atoms with van der Waals surface area (Å²) in [5, 5.41) is 0. The summed E-state index contributed by atoms with van der Waals surface area (Å²) in [5.74, 6) is 4.77. The van der Waals surface area contributed by atoms with E-state index < -0.39 is 0 Å². The molecule has 2 aliphatic carbocycles. The molecule has 2 rings (SSSR count). The highest BCUT2D eigenvalue weighted by Crippen LogP contribution is 2.56. The number of rotatable bonds is 9. The van der Waals surface area contributed by atoms with Crippen LogP contribution in [0.1, 0.15) is 79.1 Å². The Morgan fingerprint density at radius 2 is 1.87 bits per heavy atom. The van der Waals surface area contributed by atoms with Gasteiger partial charge in [0.1, 0.15) is 0 Å². The molecule has 0 heterocycles. The van der Waals surface area contributed by atoms with E-state index in [4.69, 9.17) is 0 Å². The van der Waals surface area contributed by atoms with Crippen LogP contribution >= 0.6 is 0 Å². The van der Waals surface area contributed by atoms with Crippen molar-refractivity contribution in [1.29, 1.82) is 0 Å². The Morgan fingerprint density at radius 1 is 1.22 bits per heavy atom. The molecule has 0 N–H and O–H groups in total. The van der Waals surface area contributed by atoms with E-state index >= 15 is 0 Å². The quantitative estimate of drug-likeness (QED) is 0.478. The Labute approximate surface area is 145 Å². The molecule has 0 radical (unpaired) electrons. The summed E-state index contributed by atoms with van der Waals surface area (Å²) in [6.07, 6.45) is 13.6. The summed E-state index contributed by atoms with van der Waals surface area (Å²) >= 11 is 0. The number of hydrogen-bond acceptors (Lipinski definition) is 1. The fourth-order valence-corrected chi connectivity index (χ4v) is 5.43. The summed E-state index contributed by atoms with van der Waals surface area (Å²) in [7, 11) is 2.17. The van der Waals surface area contributed by atoms with Gasteiger partial charge in [0.25, 0.3) is 0 Å². The molecule has 0 aromatic carbocycles. The largest absolute Gasteiger partial charge is 0.381 e. The van der Waals surface area contributed by atoms with Gasteiger partial charge in [0.05, 0.1) is 0 Å². The van der Waals surface area contributed by atoms with Crippen molar-refractivity contribution < 1.29 is 0 Å². The molecule has 1 nitrogen and oxygen atoms in total. The van der Waals surface area contributed by atoms with Crippen LogP contribution in [0.15, 0.2) is 12.8 Å². The third kappa shape index (κ3) is 4.34. The molecular weight excluding hydrogens is 278 g/mol. The third-order valence-corrected chi connectivity index (χ3v) is 7.76. The first-order valence-corrected chi connectivity index (χ1v) is 10.2. The van der Waals surface area contributed by atoms with Gasteiger partial charge in [-0.3, -0.25) is 0 Å². The van der Waals surface area contributed by atoms with Crippen molar-refractivity contribution in [1.82, 2.24) is 4.90 Å². The maximum Gasteiger partial charge on any atom is 0.0171 e. The smallest absolute Gasteiger partial charge is 0.0171 e. The minimum Gasteiger partial charge on any atom is -0.381 e. The van der Waals surface area contributed by atoms with Crippen LogP contribution in [0, 0.1) is 35.0 Å². The van der Waals surface area contributed by atoms with Gasteiger partial charge in [0.15, 0.2) is 0 Å². The second-order valence-electron chi connectivity index (χ2n) is 9.23. The topological polar surface area (TPSA) is 3.24 Å². The SMILES string of the molecule is C=CN(C)CCC(CC(CC)C1CC(C)C1(C)C)C1CCCC1. The molecule has 134 valence electrons. The summed E-state index contributed by atoms with van der Waals surface area (Å²) < 4.78 is 0. The Hall–Kier alpha value is -0.460. The number of nitrogens with zero attached hydrogens (tertiary/aromatic N) is 1. The molecule has 4 atom stereocenters. The highest BCUT2D eigenvalue weighted by molar-refractivity contribution is 4.97. The summed E-state index contributed by atoms with van der Waals surface area (Å²) in [5.41, 5.74) is 0.568. The fraction of sp³-hybridized carbons (Fsp3) is 0.909. The molecule has 0 saturated heterocycles. The Morgan fingerprint density at radius 3 is 2.35 bits per heavy atom. The van der Waals surface area contributed by atoms with Gasteiger partial charge in [0.2, 0.25) is 0 Å². The van der Waals surface area contributed by atoms with Gasteiger partial charge in [-0.2, -0.15) is 0 Å². The first-order chi connectivity index (χ1) is 10.9. The van der Waals surface area contributed by atoms with E-state index in [-0.39, 0.29) is 0 Å². The minimum absolute atomic E-state index is 0.568. The van der Waals surface area contributed by atoms with Crippen molar-refractivity contribution in [2.75, 3.05) is 13.6 Å². The lowest BCUT2D eigenvalue weighted by Crippen LogP contribution is -2.47. The zero-order valence-electron chi connectivity index (χ0n) is 16.5. The van der Waals surface area contributed by atoms with Crippen molar-refractivity contribution in [3.8, 4) is 0 Å². The molecular formula is C22H41N. The second-order valence-corrected chi connectivity index (χ2v) is 9.23. The zero-order valence-corrected chi connectivity index (χ0v) is 16.5. The normalized spacial score (nSPS) is 29.8. The Kier molecular flexibility index (Phi) is 6.63. The first-order valence-electron chi connectivity index (χ1n) is 10.2. The summed E-state index contributed by atoms with van der Waals surface area (Å²) in [6.45, 7) is 15.0. The predicted molar refractivity (Wildman–Crippen MR) is 102 cm³/mol. The molecule has 0 bridgehead atoms. The number of hydrogen-bond donors (Lipinski definition) is 0. The van der Waals surface area contributed by atoms with Crippen LogP contribution in [0.25, 0.3) is 0 Å². The van der Waals surface area contributed by atoms with Crippen LogP contribution < -0.4 is 0 Å². The molecule has 2 aliphatic rings. The van der Waals surface area contributed by atoms with Crippen molar-refractivity contribution in [2.45, 2.75) is 79.1 Å². The van der Waals surface area contributed by atoms with Crippen LogP contribution in [0.2, 0.25) is 0 Å². The van der Waals surface area contributed by atoms with E-state index in [1.165, 1.54) is 57.9 Å². The molecule has 0 aromatic heterocycles. The van der Waals surface area contributed by atoms with Crippen molar-refractivity contribution in [3.63, 3.8) is 0 Å². The van der Waals surface area contributed by atoms with Crippen molar-refractivity contribution in [3.05, 3.63) is 12.8 Å². The zero-order chi connectivity index (χ0) is 17.0. The minimum atomic E-state index is 0.568. The van der Waals surface area contributed by atoms with E-state index in [9.17, 15) is 0 Å². The molecule has 2 saturated carbocycles. The molecule has 23 heavy (non-hydrogen) atoms. The lowest BCUT2D eigenvalue weighted by atomic mass is 9.50. The standard InChI is InChI=1S/C22H41N/c1-7-18(21-15-17(3)22(21,4)5)16-20(13-14-23(6)8-2)19-11-9-10-12-19/h8,17-21H,2,7,9-16H2,1,3-6H3. The molecule has 0 aromatic rings. The van der Waals surface area contributed by atoms with Gasteiger partial charge in [0, 0.05) is 13.6 Å². The van der Waals surface area contributed by atoms with E-state index in [0.29, 0.717) is 5.41 Å². The lowest BCUT2D eigenvalue weighted by molar-refractivity contribution is -0.0569. The van der Waals surface area contributed by atoms with Crippen molar-refractivity contribution in [2.24, 2.45) is 35.0 Å².